The van der Waals surface area contributed by atoms with E-state index in [1.165, 1.54) is 6.42 Å². The van der Waals surface area contributed by atoms with Crippen molar-refractivity contribution in [3.63, 3.8) is 0 Å². The van der Waals surface area contributed by atoms with Gasteiger partial charge in [-0.2, -0.15) is 0 Å². The minimum Gasteiger partial charge on any atom is -0.351 e. The number of hydrogen-bond acceptors (Lipinski definition) is 6. The van der Waals surface area contributed by atoms with Crippen molar-refractivity contribution in [2.45, 2.75) is 54.3 Å². The molecular weight excluding hydrogens is 364 g/mol. The van der Waals surface area contributed by atoms with E-state index < -0.39 is 0 Å². The predicted molar refractivity (Wildman–Crippen MR) is 110 cm³/mol. The maximum Gasteiger partial charge on any atom is 0.236 e. The van der Waals surface area contributed by atoms with Crippen LogP contribution in [0.2, 0.25) is 0 Å². The van der Waals surface area contributed by atoms with Crippen LogP contribution in [0.25, 0.3) is 0 Å². The number of hydrogen-bond donors (Lipinski definition) is 3. The molecule has 4 heterocycles. The number of benzene rings is 1. The Balaban J connectivity index is 1.40. The number of fused-ring (bicyclic) bond motifs is 5. The quantitative estimate of drug-likeness (QED) is 0.690. The van der Waals surface area contributed by atoms with Crippen LogP contribution in [0.3, 0.4) is 0 Å². The summed E-state index contributed by atoms with van der Waals surface area (Å²) in [6, 6.07) is 10.9. The number of anilines is 1. The third-order valence-electron chi connectivity index (χ3n) is 6.00. The summed E-state index contributed by atoms with van der Waals surface area (Å²) in [5.41, 5.74) is 1.02. The molecule has 0 aromatic heterocycles. The van der Waals surface area contributed by atoms with E-state index in [0.29, 0.717) is 28.5 Å². The molecule has 3 N–H and O–H groups in total. The van der Waals surface area contributed by atoms with Crippen molar-refractivity contribution in [3.8, 4) is 0 Å². The fraction of sp³-hybridized carbons (Fsp3) is 0.579. The van der Waals surface area contributed by atoms with E-state index in [9.17, 15) is 4.79 Å². The summed E-state index contributed by atoms with van der Waals surface area (Å²) in [6.07, 6.45) is 1.17. The summed E-state index contributed by atoms with van der Waals surface area (Å²) in [7, 11) is 0. The van der Waals surface area contributed by atoms with Gasteiger partial charge in [0.2, 0.25) is 5.91 Å². The van der Waals surface area contributed by atoms with E-state index in [-0.39, 0.29) is 23.2 Å². The molecule has 0 spiro atoms. The zero-order valence-electron chi connectivity index (χ0n) is 14.9. The Bertz CT molecular complexity index is 742. The average molecular weight is 389 g/mol. The maximum atomic E-state index is 12.8. The molecule has 5 nitrogen and oxygen atoms in total. The summed E-state index contributed by atoms with van der Waals surface area (Å²) in [5.74, 6) is 1.27. The van der Waals surface area contributed by atoms with Crippen LogP contribution in [0.1, 0.15) is 20.3 Å². The number of rotatable bonds is 1. The number of aliphatic imine (C=N–C) groups is 1. The topological polar surface area (TPSA) is 65.5 Å². The van der Waals surface area contributed by atoms with Gasteiger partial charge in [-0.1, -0.05) is 36.9 Å². The normalized spacial score (nSPS) is 43.8. The third kappa shape index (κ3) is 2.75. The van der Waals surface area contributed by atoms with Gasteiger partial charge in [0.25, 0.3) is 0 Å². The Hall–Kier alpha value is -1.18. The first-order valence-corrected chi connectivity index (χ1v) is 11.2. The number of nitrogens with zero attached hydrogens (tertiary/aromatic N) is 1. The van der Waals surface area contributed by atoms with Crippen molar-refractivity contribution in [2.75, 3.05) is 5.32 Å². The molecule has 0 bridgehead atoms. The molecule has 1 amide bonds. The molecule has 0 radical (unpaired) electrons. The molecule has 4 aliphatic heterocycles. The Morgan fingerprint density at radius 2 is 2.04 bits per heavy atom. The zero-order valence-corrected chi connectivity index (χ0v) is 16.5. The van der Waals surface area contributed by atoms with Gasteiger partial charge < -0.3 is 16.0 Å². The summed E-state index contributed by atoms with van der Waals surface area (Å²) < 4.78 is 0. The van der Waals surface area contributed by atoms with Gasteiger partial charge in [-0.05, 0) is 31.4 Å². The fourth-order valence-electron chi connectivity index (χ4n) is 4.92. The molecule has 3 saturated heterocycles. The van der Waals surface area contributed by atoms with Crippen molar-refractivity contribution in [1.29, 1.82) is 0 Å². The second kappa shape index (κ2) is 6.46. The Morgan fingerprint density at radius 3 is 2.85 bits per heavy atom. The minimum absolute atomic E-state index is 0.0601. The number of carbonyl (C=O) groups is 1. The number of amides is 1. The molecule has 4 aliphatic rings. The first-order valence-electron chi connectivity index (χ1n) is 9.38. The lowest BCUT2D eigenvalue weighted by molar-refractivity contribution is -0.123. The van der Waals surface area contributed by atoms with Crippen LogP contribution in [0.15, 0.2) is 35.3 Å². The van der Waals surface area contributed by atoms with E-state index in [2.05, 4.69) is 29.8 Å². The van der Waals surface area contributed by atoms with Gasteiger partial charge in [0.15, 0.2) is 5.17 Å². The summed E-state index contributed by atoms with van der Waals surface area (Å²) in [6.45, 7) is 4.60. The van der Waals surface area contributed by atoms with E-state index >= 15 is 0 Å². The Kier molecular flexibility index (Phi) is 4.21. The first kappa shape index (κ1) is 17.0. The Labute approximate surface area is 162 Å². The second-order valence-corrected chi connectivity index (χ2v) is 10.3. The molecule has 3 fully saturated rings. The van der Waals surface area contributed by atoms with E-state index in [0.717, 1.165) is 10.9 Å². The number of thioether (sulfide) groups is 2. The molecule has 26 heavy (non-hydrogen) atoms. The number of para-hydroxylation sites is 1. The van der Waals surface area contributed by atoms with Crippen molar-refractivity contribution in [3.05, 3.63) is 30.3 Å². The highest BCUT2D eigenvalue weighted by Crippen LogP contribution is 2.51. The molecule has 1 aromatic rings. The monoisotopic (exact) mass is 388 g/mol. The van der Waals surface area contributed by atoms with E-state index in [1.807, 2.05) is 42.1 Å². The number of amidine groups is 1. The van der Waals surface area contributed by atoms with Gasteiger partial charge in [-0.3, -0.25) is 9.79 Å². The lowest BCUT2D eigenvalue weighted by atomic mass is 9.77. The molecule has 8 atom stereocenters. The van der Waals surface area contributed by atoms with Gasteiger partial charge >= 0.3 is 0 Å². The molecule has 138 valence electrons. The van der Waals surface area contributed by atoms with Gasteiger partial charge in [0.05, 0.1) is 16.7 Å². The molecule has 7 heteroatoms. The summed E-state index contributed by atoms with van der Waals surface area (Å²) >= 11 is 3.57. The van der Waals surface area contributed by atoms with Gasteiger partial charge in [-0.25, -0.2) is 0 Å². The highest BCUT2D eigenvalue weighted by molar-refractivity contribution is 8.15. The highest BCUT2D eigenvalue weighted by Gasteiger charge is 2.58. The van der Waals surface area contributed by atoms with E-state index in [4.69, 9.17) is 4.99 Å². The molecule has 1 aromatic carbocycles. The van der Waals surface area contributed by atoms with Crippen LogP contribution < -0.4 is 16.0 Å². The van der Waals surface area contributed by atoms with Crippen LogP contribution >= 0.6 is 23.5 Å². The van der Waals surface area contributed by atoms with Gasteiger partial charge in [0, 0.05) is 23.7 Å². The van der Waals surface area contributed by atoms with Gasteiger partial charge in [0.1, 0.15) is 5.25 Å². The fourth-order valence-corrected chi connectivity index (χ4v) is 8.23. The van der Waals surface area contributed by atoms with E-state index in [1.54, 1.807) is 11.8 Å². The third-order valence-corrected chi connectivity index (χ3v) is 8.80. The van der Waals surface area contributed by atoms with Gasteiger partial charge in [-0.15, -0.1) is 11.8 Å². The summed E-state index contributed by atoms with van der Waals surface area (Å²) in [5, 5.41) is 12.0. The second-order valence-electron chi connectivity index (χ2n) is 7.87. The first-order chi connectivity index (χ1) is 12.6. The standard InChI is InChI=1S/C19H24N4OS2/c1-9-8-10(2)20-18-12(9)13-15(25-18)14-16(17(24)22-13)26-19(23-14)21-11-6-4-3-5-7-11/h3-7,9-10,12-16,18,20H,8H2,1-2H3,(H,21,23)(H,22,24). The van der Waals surface area contributed by atoms with Crippen LogP contribution in [0, 0.1) is 11.8 Å². The zero-order chi connectivity index (χ0) is 17.8. The molecular formula is C19H24N4OS2. The van der Waals surface area contributed by atoms with Crippen molar-refractivity contribution in [1.82, 2.24) is 10.6 Å². The number of piperidine rings is 2. The van der Waals surface area contributed by atoms with Crippen LogP contribution in [-0.2, 0) is 4.79 Å². The molecule has 0 saturated carbocycles. The predicted octanol–water partition coefficient (Wildman–Crippen LogP) is 2.51. The van der Waals surface area contributed by atoms with Crippen molar-refractivity contribution >= 4 is 40.3 Å². The van der Waals surface area contributed by atoms with Crippen LogP contribution in [0.5, 0.6) is 0 Å². The van der Waals surface area contributed by atoms with Crippen LogP contribution in [-0.4, -0.2) is 45.1 Å². The molecule has 5 rings (SSSR count). The highest BCUT2D eigenvalue weighted by atomic mass is 32.2. The molecule has 8 unspecified atom stereocenters. The maximum absolute atomic E-state index is 12.8. The Morgan fingerprint density at radius 1 is 1.23 bits per heavy atom. The number of carbonyl (C=O) groups excluding carboxylic acids is 1. The largest absolute Gasteiger partial charge is 0.351 e. The lowest BCUT2D eigenvalue weighted by Gasteiger charge is -2.40. The smallest absolute Gasteiger partial charge is 0.236 e. The minimum atomic E-state index is -0.108. The molecule has 0 aliphatic carbocycles. The number of nitrogens with one attached hydrogen (secondary N) is 3. The van der Waals surface area contributed by atoms with Crippen LogP contribution in [0.4, 0.5) is 5.69 Å². The SMILES string of the molecule is CC1CC(C)C2C(N1)SC1C3N=C(Nc4ccccc4)SC3C(=O)NC12. The summed E-state index contributed by atoms with van der Waals surface area (Å²) in [4.78, 5) is 17.8. The van der Waals surface area contributed by atoms with Crippen molar-refractivity contribution < 1.29 is 4.79 Å². The lowest BCUT2D eigenvalue weighted by Crippen LogP contribution is -2.61. The van der Waals surface area contributed by atoms with Crippen molar-refractivity contribution in [2.24, 2.45) is 16.8 Å². The average Bonchev–Trinajstić information content (AvgIpc) is 3.17.